The molecule has 0 bridgehead atoms. The number of H-pyrrole nitrogens is 1. The molecule has 1 heterocycles. The Bertz CT molecular complexity index is 1140. The van der Waals surface area contributed by atoms with Crippen LogP contribution >= 0.6 is 0 Å². The van der Waals surface area contributed by atoms with Crippen LogP contribution in [0.5, 0.6) is 0 Å². The van der Waals surface area contributed by atoms with Crippen molar-refractivity contribution < 1.29 is 18.4 Å². The van der Waals surface area contributed by atoms with Crippen LogP contribution in [0.2, 0.25) is 0 Å². The van der Waals surface area contributed by atoms with E-state index in [-0.39, 0.29) is 40.6 Å². The smallest absolute Gasteiger partial charge is 0.253 e. The zero-order chi connectivity index (χ0) is 22.1. The molecule has 2 amide bonds. The SMILES string of the molecule is CCC(=O)N[C@H]1CC[C@@H](N(C)C(=O)c2ccc(-c3ccc4[nH]ccc4c3F)c(F)c2)C1. The first-order valence-electron chi connectivity index (χ1n) is 10.5. The topological polar surface area (TPSA) is 65.2 Å². The van der Waals surface area contributed by atoms with E-state index in [1.807, 2.05) is 0 Å². The van der Waals surface area contributed by atoms with Gasteiger partial charge >= 0.3 is 0 Å². The molecule has 2 atom stereocenters. The van der Waals surface area contributed by atoms with Gasteiger partial charge in [0, 0.05) is 59.3 Å². The lowest BCUT2D eigenvalue weighted by molar-refractivity contribution is -0.121. The third-order valence-corrected chi connectivity index (χ3v) is 6.13. The first kappa shape index (κ1) is 21.0. The molecule has 31 heavy (non-hydrogen) atoms. The zero-order valence-electron chi connectivity index (χ0n) is 17.5. The summed E-state index contributed by atoms with van der Waals surface area (Å²) in [5, 5.41) is 3.36. The molecule has 0 radical (unpaired) electrons. The van der Waals surface area contributed by atoms with Gasteiger partial charge in [-0.25, -0.2) is 8.78 Å². The molecule has 5 nitrogen and oxygen atoms in total. The Morgan fingerprint density at radius 2 is 1.90 bits per heavy atom. The summed E-state index contributed by atoms with van der Waals surface area (Å²) >= 11 is 0. The van der Waals surface area contributed by atoms with E-state index in [0.29, 0.717) is 23.7 Å². The highest BCUT2D eigenvalue weighted by molar-refractivity contribution is 5.95. The molecule has 1 aromatic heterocycles. The Labute approximate surface area is 179 Å². The summed E-state index contributed by atoms with van der Waals surface area (Å²) in [6, 6.07) is 9.02. The number of hydrogen-bond donors (Lipinski definition) is 2. The van der Waals surface area contributed by atoms with Crippen LogP contribution in [0.4, 0.5) is 8.78 Å². The third-order valence-electron chi connectivity index (χ3n) is 6.13. The predicted octanol–water partition coefficient (Wildman–Crippen LogP) is 4.63. The van der Waals surface area contributed by atoms with E-state index in [0.717, 1.165) is 12.8 Å². The summed E-state index contributed by atoms with van der Waals surface area (Å²) in [7, 11) is 1.70. The van der Waals surface area contributed by atoms with E-state index in [1.165, 1.54) is 24.3 Å². The molecule has 7 heteroatoms. The summed E-state index contributed by atoms with van der Waals surface area (Å²) in [4.78, 5) is 29.1. The first-order valence-corrected chi connectivity index (χ1v) is 10.5. The van der Waals surface area contributed by atoms with Crippen molar-refractivity contribution in [2.24, 2.45) is 0 Å². The minimum absolute atomic E-state index is 0.00217. The number of hydrogen-bond acceptors (Lipinski definition) is 2. The number of nitrogens with one attached hydrogen (secondary N) is 2. The fourth-order valence-corrected chi connectivity index (χ4v) is 4.31. The van der Waals surface area contributed by atoms with E-state index in [4.69, 9.17) is 0 Å². The third kappa shape index (κ3) is 4.04. The molecule has 0 aliphatic heterocycles. The minimum atomic E-state index is -0.646. The van der Waals surface area contributed by atoms with Gasteiger partial charge in [-0.05, 0) is 49.6 Å². The molecule has 0 spiro atoms. The highest BCUT2D eigenvalue weighted by atomic mass is 19.1. The monoisotopic (exact) mass is 425 g/mol. The van der Waals surface area contributed by atoms with Crippen molar-refractivity contribution in [2.45, 2.75) is 44.7 Å². The standard InChI is InChI=1S/C24H25F2N3O2/c1-3-22(30)28-15-5-6-16(13-15)29(2)24(31)14-4-7-17(20(25)12-14)18-8-9-21-19(23(18)26)10-11-27-21/h4,7-12,15-16,27H,3,5-6,13H2,1-2H3,(H,28,30)/t15-,16+/m0/s1. The quantitative estimate of drug-likeness (QED) is 0.626. The van der Waals surface area contributed by atoms with E-state index < -0.39 is 11.6 Å². The number of aromatic amines is 1. The summed E-state index contributed by atoms with van der Waals surface area (Å²) < 4.78 is 29.7. The van der Waals surface area contributed by atoms with E-state index in [2.05, 4.69) is 10.3 Å². The second kappa shape index (κ2) is 8.49. The molecule has 3 aromatic rings. The number of aromatic nitrogens is 1. The summed E-state index contributed by atoms with van der Waals surface area (Å²) in [6.07, 6.45) is 4.32. The van der Waals surface area contributed by atoms with Crippen molar-refractivity contribution in [1.29, 1.82) is 0 Å². The number of nitrogens with zero attached hydrogens (tertiary/aromatic N) is 1. The van der Waals surface area contributed by atoms with Crippen molar-refractivity contribution >= 4 is 22.7 Å². The lowest BCUT2D eigenvalue weighted by Crippen LogP contribution is -2.38. The average molecular weight is 425 g/mol. The Hall–Kier alpha value is -3.22. The number of halogens is 2. The molecule has 0 unspecified atom stereocenters. The Balaban J connectivity index is 1.51. The van der Waals surface area contributed by atoms with Crippen LogP contribution in [0.1, 0.15) is 43.0 Å². The van der Waals surface area contributed by atoms with Crippen molar-refractivity contribution in [3.8, 4) is 11.1 Å². The molecule has 2 aromatic carbocycles. The van der Waals surface area contributed by atoms with Gasteiger partial charge in [-0.2, -0.15) is 0 Å². The fraction of sp³-hybridized carbons (Fsp3) is 0.333. The van der Waals surface area contributed by atoms with Gasteiger partial charge in [0.1, 0.15) is 11.6 Å². The molecule has 1 aliphatic carbocycles. The summed E-state index contributed by atoms with van der Waals surface area (Å²) in [5.74, 6) is -1.44. The zero-order valence-corrected chi connectivity index (χ0v) is 17.5. The van der Waals surface area contributed by atoms with Crippen LogP contribution in [0.3, 0.4) is 0 Å². The molecule has 1 aliphatic rings. The lowest BCUT2D eigenvalue weighted by atomic mass is 10.0. The van der Waals surface area contributed by atoms with E-state index in [1.54, 1.807) is 37.2 Å². The highest BCUT2D eigenvalue weighted by Crippen LogP contribution is 2.31. The second-order valence-electron chi connectivity index (χ2n) is 8.06. The minimum Gasteiger partial charge on any atom is -0.361 e. The fourth-order valence-electron chi connectivity index (χ4n) is 4.31. The van der Waals surface area contributed by atoms with Crippen molar-refractivity contribution in [3.63, 3.8) is 0 Å². The van der Waals surface area contributed by atoms with Crippen LogP contribution in [0, 0.1) is 11.6 Å². The van der Waals surface area contributed by atoms with Gasteiger partial charge in [-0.15, -0.1) is 0 Å². The molecule has 162 valence electrons. The predicted molar refractivity (Wildman–Crippen MR) is 116 cm³/mol. The molecular formula is C24H25F2N3O2. The molecule has 4 rings (SSSR count). The lowest BCUT2D eigenvalue weighted by Gasteiger charge is -2.25. The van der Waals surface area contributed by atoms with E-state index in [9.17, 15) is 18.4 Å². The molecule has 1 fully saturated rings. The van der Waals surface area contributed by atoms with Gasteiger partial charge in [0.25, 0.3) is 5.91 Å². The Kier molecular flexibility index (Phi) is 5.76. The van der Waals surface area contributed by atoms with Gasteiger partial charge in [0.05, 0.1) is 0 Å². The van der Waals surface area contributed by atoms with Gasteiger partial charge in [-0.1, -0.05) is 13.0 Å². The maximum absolute atomic E-state index is 14.9. The Morgan fingerprint density at radius 1 is 1.13 bits per heavy atom. The largest absolute Gasteiger partial charge is 0.361 e. The van der Waals surface area contributed by atoms with Crippen molar-refractivity contribution in [1.82, 2.24) is 15.2 Å². The first-order chi connectivity index (χ1) is 14.9. The average Bonchev–Trinajstić information content (AvgIpc) is 3.43. The summed E-state index contributed by atoms with van der Waals surface area (Å²) in [6.45, 7) is 1.80. The van der Waals surface area contributed by atoms with Gasteiger partial charge < -0.3 is 15.2 Å². The van der Waals surface area contributed by atoms with Crippen LogP contribution in [-0.4, -0.2) is 40.8 Å². The number of carbonyl (C=O) groups is 2. The molecule has 2 N–H and O–H groups in total. The van der Waals surface area contributed by atoms with Gasteiger partial charge in [0.15, 0.2) is 0 Å². The number of benzene rings is 2. The van der Waals surface area contributed by atoms with Crippen LogP contribution < -0.4 is 5.32 Å². The number of fused-ring (bicyclic) bond motifs is 1. The highest BCUT2D eigenvalue weighted by Gasteiger charge is 2.31. The van der Waals surface area contributed by atoms with E-state index >= 15 is 0 Å². The van der Waals surface area contributed by atoms with Crippen LogP contribution in [0.15, 0.2) is 42.6 Å². The molecule has 1 saturated carbocycles. The van der Waals surface area contributed by atoms with Gasteiger partial charge in [0.2, 0.25) is 5.91 Å². The summed E-state index contributed by atoms with van der Waals surface area (Å²) in [5.41, 5.74) is 1.12. The second-order valence-corrected chi connectivity index (χ2v) is 8.06. The maximum atomic E-state index is 14.9. The Morgan fingerprint density at radius 3 is 2.65 bits per heavy atom. The van der Waals surface area contributed by atoms with Gasteiger partial charge in [-0.3, -0.25) is 9.59 Å². The number of rotatable bonds is 5. The van der Waals surface area contributed by atoms with Crippen molar-refractivity contribution in [2.75, 3.05) is 7.05 Å². The number of carbonyl (C=O) groups excluding carboxylic acids is 2. The molecule has 0 saturated heterocycles. The molecular weight excluding hydrogens is 400 g/mol. The maximum Gasteiger partial charge on any atom is 0.253 e. The normalized spacial score (nSPS) is 18.3. The number of amides is 2. The van der Waals surface area contributed by atoms with Crippen LogP contribution in [-0.2, 0) is 4.79 Å². The van der Waals surface area contributed by atoms with Crippen molar-refractivity contribution in [3.05, 3.63) is 59.8 Å². The van der Waals surface area contributed by atoms with Crippen LogP contribution in [0.25, 0.3) is 22.0 Å².